The number of aromatic amines is 1. The minimum atomic E-state index is -0.442. The highest BCUT2D eigenvalue weighted by Gasteiger charge is 2.24. The van der Waals surface area contributed by atoms with Crippen molar-refractivity contribution in [2.75, 3.05) is 6.61 Å². The van der Waals surface area contributed by atoms with Gasteiger partial charge < -0.3 is 9.72 Å². The Balaban J connectivity index is 2.10. The maximum atomic E-state index is 11.8. The predicted molar refractivity (Wildman–Crippen MR) is 75.4 cm³/mol. The van der Waals surface area contributed by atoms with Gasteiger partial charge in [0.2, 0.25) is 0 Å². The largest absolute Gasteiger partial charge is 0.462 e. The Bertz CT molecular complexity index is 801. The molecule has 0 bridgehead atoms. The zero-order valence-corrected chi connectivity index (χ0v) is 11.2. The molecule has 0 saturated heterocycles. The van der Waals surface area contributed by atoms with Crippen molar-refractivity contribution in [3.8, 4) is 0 Å². The molecule has 3 rings (SSSR count). The van der Waals surface area contributed by atoms with Gasteiger partial charge in [-0.05, 0) is 25.1 Å². The molecule has 0 unspecified atom stereocenters. The summed E-state index contributed by atoms with van der Waals surface area (Å²) in [5.74, 6) is -1.30. The number of carbonyl (C=O) groups excluding carboxylic acids is 3. The van der Waals surface area contributed by atoms with Gasteiger partial charge in [-0.2, -0.15) is 0 Å². The highest BCUT2D eigenvalue weighted by molar-refractivity contribution is 6.35. The zero-order chi connectivity index (χ0) is 15.0. The number of esters is 1. The molecule has 0 atom stereocenters. The van der Waals surface area contributed by atoms with Crippen LogP contribution in [-0.2, 0) is 14.3 Å². The molecule has 106 valence electrons. The van der Waals surface area contributed by atoms with E-state index in [2.05, 4.69) is 10.3 Å². The quantitative estimate of drug-likeness (QED) is 0.658. The Labute approximate surface area is 119 Å². The molecule has 6 nitrogen and oxygen atoms in total. The number of fused-ring (bicyclic) bond motifs is 1. The van der Waals surface area contributed by atoms with E-state index in [-0.39, 0.29) is 5.57 Å². The summed E-state index contributed by atoms with van der Waals surface area (Å²) in [4.78, 5) is 37.8. The SMILES string of the molecule is CCOC(=O)c1ccc2[nH]cc(C3=CC(=O)NC3=O)c2c1. The Kier molecular flexibility index (Phi) is 3.06. The number of hydrogen-bond donors (Lipinski definition) is 2. The average molecular weight is 284 g/mol. The van der Waals surface area contributed by atoms with Crippen molar-refractivity contribution < 1.29 is 19.1 Å². The molecule has 0 radical (unpaired) electrons. The van der Waals surface area contributed by atoms with Gasteiger partial charge in [0.15, 0.2) is 0 Å². The first-order valence-corrected chi connectivity index (χ1v) is 6.46. The summed E-state index contributed by atoms with van der Waals surface area (Å²) < 4.78 is 4.96. The summed E-state index contributed by atoms with van der Waals surface area (Å²) >= 11 is 0. The molecular formula is C15H12N2O4. The number of amides is 2. The molecule has 6 heteroatoms. The molecule has 1 aromatic carbocycles. The van der Waals surface area contributed by atoms with Crippen molar-refractivity contribution in [1.29, 1.82) is 0 Å². The molecule has 2 N–H and O–H groups in total. The number of benzene rings is 1. The van der Waals surface area contributed by atoms with Gasteiger partial charge >= 0.3 is 5.97 Å². The number of H-pyrrole nitrogens is 1. The lowest BCUT2D eigenvalue weighted by Gasteiger charge is -2.03. The van der Waals surface area contributed by atoms with E-state index in [0.29, 0.717) is 23.1 Å². The second kappa shape index (κ2) is 4.90. The van der Waals surface area contributed by atoms with E-state index >= 15 is 0 Å². The molecule has 1 aromatic heterocycles. The molecule has 2 amide bonds. The van der Waals surface area contributed by atoms with Crippen LogP contribution in [0.5, 0.6) is 0 Å². The first kappa shape index (κ1) is 13.1. The summed E-state index contributed by atoms with van der Waals surface area (Å²) in [5.41, 5.74) is 2.04. The van der Waals surface area contributed by atoms with Crippen LogP contribution < -0.4 is 5.32 Å². The summed E-state index contributed by atoms with van der Waals surface area (Å²) in [6.45, 7) is 2.02. The number of ether oxygens (including phenoxy) is 1. The number of rotatable bonds is 3. The second-order valence-electron chi connectivity index (χ2n) is 4.56. The molecule has 1 aliphatic rings. The topological polar surface area (TPSA) is 88.3 Å². The Morgan fingerprint density at radius 2 is 2.10 bits per heavy atom. The van der Waals surface area contributed by atoms with Crippen LogP contribution in [0, 0.1) is 0 Å². The van der Waals surface area contributed by atoms with Gasteiger partial charge in [0.1, 0.15) is 0 Å². The van der Waals surface area contributed by atoms with E-state index in [4.69, 9.17) is 4.74 Å². The number of aromatic nitrogens is 1. The average Bonchev–Trinajstić information content (AvgIpc) is 3.01. The third-order valence-corrected chi connectivity index (χ3v) is 3.24. The fourth-order valence-electron chi connectivity index (χ4n) is 2.30. The second-order valence-corrected chi connectivity index (χ2v) is 4.56. The van der Waals surface area contributed by atoms with Gasteiger partial charge in [-0.1, -0.05) is 0 Å². The lowest BCUT2D eigenvalue weighted by atomic mass is 10.0. The van der Waals surface area contributed by atoms with E-state index in [0.717, 1.165) is 5.52 Å². The predicted octanol–water partition coefficient (Wildman–Crippen LogP) is 1.38. The van der Waals surface area contributed by atoms with Gasteiger partial charge in [-0.3, -0.25) is 14.9 Å². The van der Waals surface area contributed by atoms with Crippen molar-refractivity contribution >= 4 is 34.3 Å². The molecule has 1 aliphatic heterocycles. The molecule has 2 heterocycles. The summed E-state index contributed by atoms with van der Waals surface area (Å²) in [5, 5.41) is 2.89. The minimum absolute atomic E-state index is 0.284. The van der Waals surface area contributed by atoms with Crippen LogP contribution in [0.4, 0.5) is 0 Å². The maximum absolute atomic E-state index is 11.8. The smallest absolute Gasteiger partial charge is 0.338 e. The van der Waals surface area contributed by atoms with Crippen molar-refractivity contribution in [3.05, 3.63) is 41.6 Å². The van der Waals surface area contributed by atoms with E-state index in [9.17, 15) is 14.4 Å². The molecule has 21 heavy (non-hydrogen) atoms. The first-order valence-electron chi connectivity index (χ1n) is 6.46. The van der Waals surface area contributed by atoms with E-state index in [1.165, 1.54) is 6.08 Å². The molecule has 0 fully saturated rings. The van der Waals surface area contributed by atoms with Crippen LogP contribution in [0.15, 0.2) is 30.5 Å². The number of hydrogen-bond acceptors (Lipinski definition) is 4. The Hall–Kier alpha value is -2.89. The van der Waals surface area contributed by atoms with Gasteiger partial charge in [-0.25, -0.2) is 4.79 Å². The van der Waals surface area contributed by atoms with Crippen molar-refractivity contribution in [2.45, 2.75) is 6.92 Å². The highest BCUT2D eigenvalue weighted by atomic mass is 16.5. The number of imide groups is 1. The van der Waals surface area contributed by atoms with Gasteiger partial charge in [0.05, 0.1) is 17.7 Å². The summed E-state index contributed by atoms with van der Waals surface area (Å²) in [7, 11) is 0. The fourth-order valence-corrected chi connectivity index (χ4v) is 2.30. The Morgan fingerprint density at radius 1 is 1.29 bits per heavy atom. The van der Waals surface area contributed by atoms with E-state index < -0.39 is 17.8 Å². The Morgan fingerprint density at radius 3 is 2.76 bits per heavy atom. The van der Waals surface area contributed by atoms with Crippen LogP contribution in [0.1, 0.15) is 22.8 Å². The van der Waals surface area contributed by atoms with Crippen LogP contribution in [0.25, 0.3) is 16.5 Å². The van der Waals surface area contributed by atoms with Gasteiger partial charge in [-0.15, -0.1) is 0 Å². The van der Waals surface area contributed by atoms with Crippen molar-refractivity contribution in [1.82, 2.24) is 10.3 Å². The van der Waals surface area contributed by atoms with Gasteiger partial charge in [0.25, 0.3) is 11.8 Å². The first-order chi connectivity index (χ1) is 10.1. The maximum Gasteiger partial charge on any atom is 0.338 e. The van der Waals surface area contributed by atoms with E-state index in [1.807, 2.05) is 0 Å². The highest BCUT2D eigenvalue weighted by Crippen LogP contribution is 2.28. The fraction of sp³-hybridized carbons (Fsp3) is 0.133. The lowest BCUT2D eigenvalue weighted by molar-refractivity contribution is -0.123. The molecule has 0 aliphatic carbocycles. The summed E-state index contributed by atoms with van der Waals surface area (Å²) in [6.07, 6.45) is 2.89. The third-order valence-electron chi connectivity index (χ3n) is 3.24. The standard InChI is InChI=1S/C15H12N2O4/c1-2-21-15(20)8-3-4-12-9(5-8)11(7-16-12)10-6-13(18)17-14(10)19/h3-7,16H,2H2,1H3,(H,17,18,19). The van der Waals surface area contributed by atoms with E-state index in [1.54, 1.807) is 31.3 Å². The van der Waals surface area contributed by atoms with Gasteiger partial charge in [0, 0.05) is 28.7 Å². The summed E-state index contributed by atoms with van der Waals surface area (Å²) in [6, 6.07) is 5.03. The van der Waals surface area contributed by atoms with Crippen molar-refractivity contribution in [3.63, 3.8) is 0 Å². The van der Waals surface area contributed by atoms with Crippen LogP contribution in [-0.4, -0.2) is 29.4 Å². The normalized spacial score (nSPS) is 14.2. The molecular weight excluding hydrogens is 272 g/mol. The molecule has 2 aromatic rings. The zero-order valence-electron chi connectivity index (χ0n) is 11.2. The monoisotopic (exact) mass is 284 g/mol. The van der Waals surface area contributed by atoms with Crippen LogP contribution >= 0.6 is 0 Å². The minimum Gasteiger partial charge on any atom is -0.462 e. The number of nitrogens with one attached hydrogen (secondary N) is 2. The molecule has 0 spiro atoms. The molecule has 0 saturated carbocycles. The number of carbonyl (C=O) groups is 3. The van der Waals surface area contributed by atoms with Crippen LogP contribution in [0.3, 0.4) is 0 Å². The lowest BCUT2D eigenvalue weighted by Crippen LogP contribution is -2.21. The van der Waals surface area contributed by atoms with Crippen LogP contribution in [0.2, 0.25) is 0 Å². The third kappa shape index (κ3) is 2.20. The van der Waals surface area contributed by atoms with Crippen molar-refractivity contribution in [2.24, 2.45) is 0 Å².